The lowest BCUT2D eigenvalue weighted by Crippen LogP contribution is -2.15. The molecule has 0 bridgehead atoms. The van der Waals surface area contributed by atoms with Gasteiger partial charge < -0.3 is 5.73 Å². The Morgan fingerprint density at radius 1 is 1.56 bits per heavy atom. The van der Waals surface area contributed by atoms with E-state index in [0.717, 1.165) is 11.3 Å². The van der Waals surface area contributed by atoms with Crippen molar-refractivity contribution in [1.82, 2.24) is 14.5 Å². The van der Waals surface area contributed by atoms with Crippen molar-refractivity contribution >= 4 is 27.6 Å². The highest BCUT2D eigenvalue weighted by atomic mass is 32.1. The Hall–Kier alpha value is -2.07. The van der Waals surface area contributed by atoms with Gasteiger partial charge in [0.2, 0.25) is 5.95 Å². The van der Waals surface area contributed by atoms with Crippen LogP contribution in [0.4, 0.5) is 5.95 Å². The molecule has 3 N–H and O–H groups in total. The molecule has 0 saturated carbocycles. The van der Waals surface area contributed by atoms with Crippen LogP contribution < -0.4 is 16.2 Å². The van der Waals surface area contributed by atoms with Crippen LogP contribution in [0.5, 0.6) is 0 Å². The predicted octanol–water partition coefficient (Wildman–Crippen LogP) is -0.248. The lowest BCUT2D eigenvalue weighted by Gasteiger charge is -1.97. The van der Waals surface area contributed by atoms with Crippen molar-refractivity contribution in [3.05, 3.63) is 20.0 Å². The van der Waals surface area contributed by atoms with Crippen molar-refractivity contribution in [1.29, 1.82) is 0 Å². The molecule has 0 saturated heterocycles. The summed E-state index contributed by atoms with van der Waals surface area (Å²) in [5.74, 6) is 5.42. The SMILES string of the molecule is CC#CCn1c(=O)sc2c(=O)[nH]c(N)nc21. The summed E-state index contributed by atoms with van der Waals surface area (Å²) >= 11 is 0.842. The maximum absolute atomic E-state index is 11.6. The summed E-state index contributed by atoms with van der Waals surface area (Å²) in [6.07, 6.45) is 0. The lowest BCUT2D eigenvalue weighted by molar-refractivity contribution is 0.844. The highest BCUT2D eigenvalue weighted by Gasteiger charge is 2.11. The van der Waals surface area contributed by atoms with E-state index >= 15 is 0 Å². The average molecular weight is 236 g/mol. The van der Waals surface area contributed by atoms with Crippen LogP contribution in [0.3, 0.4) is 0 Å². The van der Waals surface area contributed by atoms with E-state index in [1.807, 2.05) is 0 Å². The zero-order valence-corrected chi connectivity index (χ0v) is 9.22. The van der Waals surface area contributed by atoms with E-state index in [2.05, 4.69) is 21.8 Å². The third-order valence-corrected chi connectivity index (χ3v) is 2.92. The number of nitrogens with two attached hydrogens (primary N) is 1. The number of aromatic nitrogens is 3. The largest absolute Gasteiger partial charge is 0.369 e. The normalized spacial score (nSPS) is 10.1. The third-order valence-electron chi connectivity index (χ3n) is 1.96. The fraction of sp³-hybridized carbons (Fsp3) is 0.222. The van der Waals surface area contributed by atoms with Gasteiger partial charge in [-0.3, -0.25) is 19.1 Å². The van der Waals surface area contributed by atoms with E-state index in [-0.39, 0.29) is 22.1 Å². The Balaban J connectivity index is 2.81. The van der Waals surface area contributed by atoms with Gasteiger partial charge in [0.25, 0.3) is 5.56 Å². The van der Waals surface area contributed by atoms with Crippen LogP contribution in [-0.2, 0) is 6.54 Å². The van der Waals surface area contributed by atoms with E-state index in [0.29, 0.717) is 5.65 Å². The van der Waals surface area contributed by atoms with Crippen LogP contribution in [-0.4, -0.2) is 14.5 Å². The molecule has 2 aromatic heterocycles. The zero-order valence-electron chi connectivity index (χ0n) is 8.40. The Bertz CT molecular complexity index is 713. The summed E-state index contributed by atoms with van der Waals surface area (Å²) in [5.41, 5.74) is 5.31. The molecular weight excluding hydrogens is 228 g/mol. The number of hydrogen-bond donors (Lipinski definition) is 2. The first-order valence-electron chi connectivity index (χ1n) is 4.42. The van der Waals surface area contributed by atoms with Gasteiger partial charge >= 0.3 is 4.87 Å². The number of nitrogens with one attached hydrogen (secondary N) is 1. The van der Waals surface area contributed by atoms with Crippen LogP contribution in [0.25, 0.3) is 10.3 Å². The molecule has 2 rings (SSSR count). The van der Waals surface area contributed by atoms with Gasteiger partial charge in [0.1, 0.15) is 4.70 Å². The van der Waals surface area contributed by atoms with Gasteiger partial charge in [-0.1, -0.05) is 17.3 Å². The van der Waals surface area contributed by atoms with Crippen molar-refractivity contribution in [3.8, 4) is 11.8 Å². The number of rotatable bonds is 1. The number of thiazole rings is 1. The van der Waals surface area contributed by atoms with Gasteiger partial charge in [-0.2, -0.15) is 4.98 Å². The standard InChI is InChI=1S/C9H8N4O2S/c1-2-3-4-13-6-5(16-9(13)15)7(14)12-8(10)11-6/h4H2,1H3,(H3,10,11,12,14). The highest BCUT2D eigenvalue weighted by Crippen LogP contribution is 2.10. The minimum atomic E-state index is -0.396. The molecule has 0 amide bonds. The monoisotopic (exact) mass is 236 g/mol. The number of fused-ring (bicyclic) bond motifs is 1. The molecule has 0 fully saturated rings. The van der Waals surface area contributed by atoms with E-state index in [1.54, 1.807) is 6.92 Å². The van der Waals surface area contributed by atoms with Crippen molar-refractivity contribution in [2.24, 2.45) is 0 Å². The number of H-pyrrole nitrogens is 1. The molecule has 0 aliphatic rings. The Morgan fingerprint density at radius 2 is 2.31 bits per heavy atom. The van der Waals surface area contributed by atoms with E-state index in [9.17, 15) is 9.59 Å². The van der Waals surface area contributed by atoms with Gasteiger partial charge in [-0.15, -0.1) is 5.92 Å². The molecule has 6 nitrogen and oxygen atoms in total. The molecule has 0 atom stereocenters. The van der Waals surface area contributed by atoms with Gasteiger partial charge in [0.05, 0.1) is 6.54 Å². The molecule has 0 aliphatic carbocycles. The maximum atomic E-state index is 11.6. The Morgan fingerprint density at radius 3 is 3.00 bits per heavy atom. The second kappa shape index (κ2) is 3.83. The quantitative estimate of drug-likeness (QED) is 0.668. The summed E-state index contributed by atoms with van der Waals surface area (Å²) in [6.45, 7) is 1.89. The zero-order chi connectivity index (χ0) is 11.7. The lowest BCUT2D eigenvalue weighted by atomic mass is 10.5. The summed E-state index contributed by atoms with van der Waals surface area (Å²) in [6, 6.07) is 0. The van der Waals surface area contributed by atoms with Crippen LogP contribution in [0, 0.1) is 11.8 Å². The minimum Gasteiger partial charge on any atom is -0.369 e. The molecule has 0 aliphatic heterocycles. The number of nitrogens with zero attached hydrogens (tertiary/aromatic N) is 2. The van der Waals surface area contributed by atoms with E-state index in [1.165, 1.54) is 4.57 Å². The topological polar surface area (TPSA) is 93.8 Å². The maximum Gasteiger partial charge on any atom is 0.310 e. The van der Waals surface area contributed by atoms with Crippen molar-refractivity contribution in [2.45, 2.75) is 13.5 Å². The fourth-order valence-corrected chi connectivity index (χ4v) is 2.10. The van der Waals surface area contributed by atoms with Gasteiger partial charge in [0, 0.05) is 0 Å². The van der Waals surface area contributed by atoms with Crippen molar-refractivity contribution in [3.63, 3.8) is 0 Å². The average Bonchev–Trinajstić information content (AvgIpc) is 2.53. The second-order valence-electron chi connectivity index (χ2n) is 2.98. The number of nitrogen functional groups attached to an aromatic ring is 1. The number of anilines is 1. The van der Waals surface area contributed by atoms with Crippen LogP contribution in [0.1, 0.15) is 6.92 Å². The number of hydrogen-bond acceptors (Lipinski definition) is 5. The molecule has 0 unspecified atom stereocenters. The summed E-state index contributed by atoms with van der Waals surface area (Å²) in [5, 5.41) is 0. The first kappa shape index (κ1) is 10.4. The third kappa shape index (κ3) is 1.59. The molecule has 2 heterocycles. The molecule has 7 heteroatoms. The van der Waals surface area contributed by atoms with Crippen molar-refractivity contribution < 1.29 is 0 Å². The van der Waals surface area contributed by atoms with Gasteiger partial charge in [-0.25, -0.2) is 0 Å². The van der Waals surface area contributed by atoms with Crippen molar-refractivity contribution in [2.75, 3.05) is 5.73 Å². The summed E-state index contributed by atoms with van der Waals surface area (Å²) in [7, 11) is 0. The molecule has 2 aromatic rings. The van der Waals surface area contributed by atoms with Crippen LogP contribution >= 0.6 is 11.3 Å². The number of aromatic amines is 1. The Labute approximate surface area is 93.7 Å². The van der Waals surface area contributed by atoms with Gasteiger partial charge in [-0.05, 0) is 6.92 Å². The molecular formula is C9H8N4O2S. The smallest absolute Gasteiger partial charge is 0.310 e. The van der Waals surface area contributed by atoms with Crippen LogP contribution in [0.2, 0.25) is 0 Å². The Kier molecular flexibility index (Phi) is 2.50. The first-order valence-corrected chi connectivity index (χ1v) is 5.24. The molecule has 16 heavy (non-hydrogen) atoms. The molecule has 0 spiro atoms. The summed E-state index contributed by atoms with van der Waals surface area (Å²) in [4.78, 5) is 29.1. The molecule has 0 aromatic carbocycles. The second-order valence-corrected chi connectivity index (χ2v) is 3.95. The van der Waals surface area contributed by atoms with Crippen LogP contribution in [0.15, 0.2) is 9.59 Å². The summed E-state index contributed by atoms with van der Waals surface area (Å²) < 4.78 is 1.61. The van der Waals surface area contributed by atoms with E-state index < -0.39 is 5.56 Å². The van der Waals surface area contributed by atoms with Gasteiger partial charge in [0.15, 0.2) is 5.65 Å². The minimum absolute atomic E-state index is 0.00601. The first-order chi connectivity index (χ1) is 7.63. The fourth-order valence-electron chi connectivity index (χ4n) is 1.27. The molecule has 0 radical (unpaired) electrons. The molecule has 82 valence electrons. The van der Waals surface area contributed by atoms with E-state index in [4.69, 9.17) is 5.73 Å². The highest BCUT2D eigenvalue weighted by molar-refractivity contribution is 7.16. The predicted molar refractivity (Wildman–Crippen MR) is 62.4 cm³/mol.